The summed E-state index contributed by atoms with van der Waals surface area (Å²) in [4.78, 5) is 10.7. The van der Waals surface area contributed by atoms with Crippen LogP contribution in [0.5, 0.6) is 0 Å². The summed E-state index contributed by atoms with van der Waals surface area (Å²) in [5.74, 6) is -0.384. The molecule has 0 fully saturated rings. The molecule has 3 rings (SSSR count). The number of carboxylic acid groups (broad SMARTS) is 1. The summed E-state index contributed by atoms with van der Waals surface area (Å²) in [7, 11) is 0. The van der Waals surface area contributed by atoms with Gasteiger partial charge in [-0.3, -0.25) is 14.6 Å². The van der Waals surface area contributed by atoms with Crippen molar-refractivity contribution in [1.29, 1.82) is 0 Å². The highest BCUT2D eigenvalue weighted by Crippen LogP contribution is 2.26. The molecule has 0 radical (unpaired) electrons. The van der Waals surface area contributed by atoms with Crippen molar-refractivity contribution in [2.45, 2.75) is 19.4 Å². The van der Waals surface area contributed by atoms with E-state index < -0.39 is 5.97 Å². The Morgan fingerprint density at radius 1 is 1.48 bits per heavy atom. The van der Waals surface area contributed by atoms with E-state index in [0.29, 0.717) is 5.82 Å². The first-order valence-corrected chi connectivity index (χ1v) is 6.54. The number of hydrogen-bond acceptors (Lipinski definition) is 4. The summed E-state index contributed by atoms with van der Waals surface area (Å²) in [6.45, 7) is 1.82. The fourth-order valence-corrected chi connectivity index (χ4v) is 2.29. The zero-order valence-electron chi connectivity index (χ0n) is 11.4. The predicted molar refractivity (Wildman–Crippen MR) is 78.7 cm³/mol. The Morgan fingerprint density at radius 2 is 2.29 bits per heavy atom. The molecule has 0 saturated carbocycles. The molecule has 0 bridgehead atoms. The second-order valence-electron chi connectivity index (χ2n) is 5.03. The number of H-pyrrole nitrogens is 1. The van der Waals surface area contributed by atoms with Gasteiger partial charge in [0, 0.05) is 17.1 Å². The van der Waals surface area contributed by atoms with Crippen LogP contribution < -0.4 is 5.73 Å². The molecule has 3 aromatic rings. The maximum Gasteiger partial charge on any atom is 0.305 e. The number of nitrogens with two attached hydrogens (primary N) is 1. The lowest BCUT2D eigenvalue weighted by atomic mass is 10.1. The van der Waals surface area contributed by atoms with Gasteiger partial charge in [-0.2, -0.15) is 10.2 Å². The predicted octanol–water partition coefficient (Wildman–Crippen LogP) is 2.04. The number of fused-ring (bicyclic) bond motifs is 1. The quantitative estimate of drug-likeness (QED) is 0.679. The van der Waals surface area contributed by atoms with Gasteiger partial charge in [0.25, 0.3) is 0 Å². The van der Waals surface area contributed by atoms with Crippen LogP contribution in [0.4, 0.5) is 5.82 Å². The van der Waals surface area contributed by atoms with Gasteiger partial charge in [0.2, 0.25) is 0 Å². The fraction of sp³-hybridized carbons (Fsp3) is 0.214. The van der Waals surface area contributed by atoms with Crippen LogP contribution in [0.1, 0.15) is 19.4 Å². The molecule has 0 spiro atoms. The van der Waals surface area contributed by atoms with Crippen molar-refractivity contribution < 1.29 is 9.90 Å². The van der Waals surface area contributed by atoms with Gasteiger partial charge in [0.15, 0.2) is 5.82 Å². The van der Waals surface area contributed by atoms with E-state index in [0.717, 1.165) is 22.0 Å². The van der Waals surface area contributed by atoms with E-state index in [1.54, 1.807) is 10.9 Å². The van der Waals surface area contributed by atoms with Gasteiger partial charge in [0.1, 0.15) is 0 Å². The van der Waals surface area contributed by atoms with Gasteiger partial charge in [-0.05, 0) is 24.6 Å². The smallest absolute Gasteiger partial charge is 0.305 e. The Balaban J connectivity index is 1.93. The Bertz CT molecular complexity index is 805. The van der Waals surface area contributed by atoms with Crippen LogP contribution in [0.15, 0.2) is 30.6 Å². The van der Waals surface area contributed by atoms with Crippen molar-refractivity contribution in [2.75, 3.05) is 5.73 Å². The first-order chi connectivity index (χ1) is 10.0. The third-order valence-electron chi connectivity index (χ3n) is 3.45. The monoisotopic (exact) mass is 285 g/mol. The minimum atomic E-state index is -0.841. The molecule has 0 aliphatic heterocycles. The molecule has 1 atom stereocenters. The summed E-state index contributed by atoms with van der Waals surface area (Å²) < 4.78 is 1.66. The third kappa shape index (κ3) is 2.45. The van der Waals surface area contributed by atoms with Gasteiger partial charge >= 0.3 is 5.97 Å². The second kappa shape index (κ2) is 4.93. The number of hydrogen-bond donors (Lipinski definition) is 3. The van der Waals surface area contributed by atoms with Gasteiger partial charge in [-0.1, -0.05) is 6.07 Å². The van der Waals surface area contributed by atoms with Crippen molar-refractivity contribution in [3.05, 3.63) is 30.6 Å². The number of anilines is 1. The number of nitrogens with one attached hydrogen (secondary N) is 1. The standard InChI is InChI=1S/C14H15N5O2/c1-8(4-13(20)21)19-7-10(6-16-19)9-2-3-12-11(5-9)14(15)18-17-12/h2-3,5-8H,4H2,1H3,(H,20,21)(H3,15,17,18). The molecule has 7 heteroatoms. The maximum atomic E-state index is 10.7. The summed E-state index contributed by atoms with van der Waals surface area (Å²) >= 11 is 0. The van der Waals surface area contributed by atoms with Crippen LogP contribution in [0.25, 0.3) is 22.0 Å². The normalized spacial score (nSPS) is 12.6. The maximum absolute atomic E-state index is 10.7. The number of benzene rings is 1. The molecular weight excluding hydrogens is 270 g/mol. The van der Waals surface area contributed by atoms with Gasteiger partial charge in [0.05, 0.1) is 24.2 Å². The molecule has 0 aliphatic rings. The highest BCUT2D eigenvalue weighted by molar-refractivity contribution is 5.92. The highest BCUT2D eigenvalue weighted by atomic mass is 16.4. The van der Waals surface area contributed by atoms with E-state index in [1.807, 2.05) is 31.3 Å². The van der Waals surface area contributed by atoms with Gasteiger partial charge in [-0.25, -0.2) is 0 Å². The lowest BCUT2D eigenvalue weighted by molar-refractivity contribution is -0.137. The molecule has 4 N–H and O–H groups in total. The average molecular weight is 285 g/mol. The lowest BCUT2D eigenvalue weighted by Gasteiger charge is -2.08. The van der Waals surface area contributed by atoms with Gasteiger partial charge < -0.3 is 10.8 Å². The van der Waals surface area contributed by atoms with E-state index in [1.165, 1.54) is 0 Å². The molecule has 0 saturated heterocycles. The van der Waals surface area contributed by atoms with Crippen LogP contribution >= 0.6 is 0 Å². The SMILES string of the molecule is CC(CC(=O)O)n1cc(-c2ccc3[nH]nc(N)c3c2)cn1. The van der Waals surface area contributed by atoms with E-state index in [9.17, 15) is 4.79 Å². The fourth-order valence-electron chi connectivity index (χ4n) is 2.29. The van der Waals surface area contributed by atoms with Gasteiger partial charge in [-0.15, -0.1) is 0 Å². The number of carbonyl (C=O) groups is 1. The van der Waals surface area contributed by atoms with Crippen molar-refractivity contribution in [3.63, 3.8) is 0 Å². The Labute approximate surface area is 120 Å². The summed E-state index contributed by atoms with van der Waals surface area (Å²) in [5.41, 5.74) is 8.55. The van der Waals surface area contributed by atoms with Crippen molar-refractivity contribution in [3.8, 4) is 11.1 Å². The minimum Gasteiger partial charge on any atom is -0.481 e. The summed E-state index contributed by atoms with van der Waals surface area (Å²) in [5, 5.41) is 20.7. The Morgan fingerprint density at radius 3 is 3.05 bits per heavy atom. The molecule has 21 heavy (non-hydrogen) atoms. The number of rotatable bonds is 4. The Hall–Kier alpha value is -2.83. The molecule has 2 heterocycles. The molecular formula is C14H15N5O2. The molecule has 108 valence electrons. The number of aromatic nitrogens is 4. The first kappa shape index (κ1) is 13.2. The molecule has 1 unspecified atom stereocenters. The van der Waals surface area contributed by atoms with E-state index >= 15 is 0 Å². The third-order valence-corrected chi connectivity index (χ3v) is 3.45. The first-order valence-electron chi connectivity index (χ1n) is 6.54. The van der Waals surface area contributed by atoms with Crippen LogP contribution in [0.3, 0.4) is 0 Å². The largest absolute Gasteiger partial charge is 0.481 e. The van der Waals surface area contributed by atoms with Crippen LogP contribution in [-0.2, 0) is 4.79 Å². The average Bonchev–Trinajstić information content (AvgIpc) is 3.05. The summed E-state index contributed by atoms with van der Waals surface area (Å²) in [6.07, 6.45) is 3.59. The summed E-state index contributed by atoms with van der Waals surface area (Å²) in [6, 6.07) is 5.60. The van der Waals surface area contributed by atoms with Crippen LogP contribution in [-0.4, -0.2) is 31.1 Å². The van der Waals surface area contributed by atoms with E-state index in [2.05, 4.69) is 15.3 Å². The molecule has 1 aromatic carbocycles. The van der Waals surface area contributed by atoms with Crippen LogP contribution in [0.2, 0.25) is 0 Å². The highest BCUT2D eigenvalue weighted by Gasteiger charge is 2.12. The molecule has 0 aliphatic carbocycles. The van der Waals surface area contributed by atoms with E-state index in [-0.39, 0.29) is 12.5 Å². The van der Waals surface area contributed by atoms with Crippen molar-refractivity contribution in [2.24, 2.45) is 0 Å². The lowest BCUT2D eigenvalue weighted by Crippen LogP contribution is -2.10. The van der Waals surface area contributed by atoms with Crippen molar-refractivity contribution >= 4 is 22.7 Å². The number of carboxylic acids is 1. The number of aliphatic carboxylic acids is 1. The second-order valence-corrected chi connectivity index (χ2v) is 5.03. The zero-order chi connectivity index (χ0) is 15.0. The number of aromatic amines is 1. The zero-order valence-corrected chi connectivity index (χ0v) is 11.4. The number of nitrogens with zero attached hydrogens (tertiary/aromatic N) is 3. The van der Waals surface area contributed by atoms with Crippen molar-refractivity contribution in [1.82, 2.24) is 20.0 Å². The molecule has 0 amide bonds. The Kier molecular flexibility index (Phi) is 3.09. The molecule has 7 nitrogen and oxygen atoms in total. The van der Waals surface area contributed by atoms with Crippen LogP contribution in [0, 0.1) is 0 Å². The molecule has 2 aromatic heterocycles. The topological polar surface area (TPSA) is 110 Å². The number of nitrogen functional groups attached to an aromatic ring is 1. The van der Waals surface area contributed by atoms with E-state index in [4.69, 9.17) is 10.8 Å². The minimum absolute atomic E-state index is 0.0365.